The summed E-state index contributed by atoms with van der Waals surface area (Å²) in [7, 11) is 3.23. The van der Waals surface area contributed by atoms with Crippen LogP contribution >= 0.6 is 11.8 Å². The van der Waals surface area contributed by atoms with E-state index < -0.39 is 0 Å². The smallest absolute Gasteiger partial charge is 0.162 e. The van der Waals surface area contributed by atoms with Crippen LogP contribution in [0.2, 0.25) is 0 Å². The number of rotatable bonds is 7. The Morgan fingerprint density at radius 3 is 2.28 bits per heavy atom. The van der Waals surface area contributed by atoms with E-state index in [1.54, 1.807) is 32.3 Å². The molecule has 3 aromatic carbocycles. The van der Waals surface area contributed by atoms with Crippen molar-refractivity contribution >= 4 is 22.7 Å². The summed E-state index contributed by atoms with van der Waals surface area (Å²) >= 11 is 1.57. The number of aromatic nitrogens is 2. The minimum Gasteiger partial charge on any atom is -0.493 e. The number of nitrogens with zero attached hydrogens (tertiary/aromatic N) is 2. The Kier molecular flexibility index (Phi) is 5.81. The van der Waals surface area contributed by atoms with E-state index in [1.165, 1.54) is 0 Å². The van der Waals surface area contributed by atoms with Gasteiger partial charge in [-0.2, -0.15) is 0 Å². The fourth-order valence-electron chi connectivity index (χ4n) is 2.90. The zero-order chi connectivity index (χ0) is 20.1. The summed E-state index contributed by atoms with van der Waals surface area (Å²) in [4.78, 5) is 9.87. The minimum absolute atomic E-state index is 0.547. The van der Waals surface area contributed by atoms with E-state index in [0.717, 1.165) is 32.1 Å². The van der Waals surface area contributed by atoms with Crippen molar-refractivity contribution in [1.82, 2.24) is 9.97 Å². The lowest BCUT2D eigenvalue weighted by molar-refractivity contribution is 0.306. The van der Waals surface area contributed by atoms with Crippen LogP contribution in [0.3, 0.4) is 0 Å². The molecule has 0 aliphatic heterocycles. The third-order valence-corrected chi connectivity index (χ3v) is 5.42. The first-order valence-electron chi connectivity index (χ1n) is 9.08. The second-order valence-corrected chi connectivity index (χ2v) is 7.31. The lowest BCUT2D eigenvalue weighted by atomic mass is 10.2. The molecule has 0 N–H and O–H groups in total. The second kappa shape index (κ2) is 8.84. The van der Waals surface area contributed by atoms with Crippen LogP contribution in [-0.2, 0) is 6.61 Å². The van der Waals surface area contributed by atoms with Gasteiger partial charge in [-0.25, -0.2) is 9.97 Å². The summed E-state index contributed by atoms with van der Waals surface area (Å²) in [6, 6.07) is 21.9. The van der Waals surface area contributed by atoms with Crippen molar-refractivity contribution in [2.45, 2.75) is 16.5 Å². The Morgan fingerprint density at radius 1 is 0.828 bits per heavy atom. The normalized spacial score (nSPS) is 10.7. The third-order valence-electron chi connectivity index (χ3n) is 4.39. The Bertz CT molecular complexity index is 1100. The highest BCUT2D eigenvalue weighted by molar-refractivity contribution is 7.99. The highest BCUT2D eigenvalue weighted by Crippen LogP contribution is 2.37. The predicted octanol–water partition coefficient (Wildman–Crippen LogP) is 5.38. The summed E-state index contributed by atoms with van der Waals surface area (Å²) in [6.07, 6.45) is 1.56. The third kappa shape index (κ3) is 4.43. The number of methoxy groups -OCH3 is 2. The first kappa shape index (κ1) is 19.1. The van der Waals surface area contributed by atoms with Crippen molar-refractivity contribution in [3.05, 3.63) is 78.6 Å². The summed E-state index contributed by atoms with van der Waals surface area (Å²) in [6.45, 7) is 0.547. The van der Waals surface area contributed by atoms with Gasteiger partial charge in [-0.1, -0.05) is 42.1 Å². The van der Waals surface area contributed by atoms with E-state index in [-0.39, 0.29) is 0 Å². The number of fused-ring (bicyclic) bond motifs is 1. The predicted molar refractivity (Wildman–Crippen MR) is 114 cm³/mol. The maximum absolute atomic E-state index is 5.86. The molecule has 0 saturated heterocycles. The molecule has 0 fully saturated rings. The second-order valence-electron chi connectivity index (χ2n) is 6.25. The van der Waals surface area contributed by atoms with Crippen molar-refractivity contribution in [3.8, 4) is 17.2 Å². The van der Waals surface area contributed by atoms with Crippen molar-refractivity contribution in [2.24, 2.45) is 0 Å². The Balaban J connectivity index is 1.52. The molecule has 1 heterocycles. The average Bonchev–Trinajstić information content (AvgIpc) is 2.78. The SMILES string of the molecule is COc1cc2ncnc(Sc3ccc(OCc4ccccc4)cc3)c2cc1OC. The molecular weight excluding hydrogens is 384 g/mol. The number of hydrogen-bond donors (Lipinski definition) is 0. The van der Waals surface area contributed by atoms with Crippen LogP contribution in [0, 0.1) is 0 Å². The van der Waals surface area contributed by atoms with Gasteiger partial charge in [0.2, 0.25) is 0 Å². The molecule has 0 spiro atoms. The highest BCUT2D eigenvalue weighted by atomic mass is 32.2. The largest absolute Gasteiger partial charge is 0.493 e. The fraction of sp³-hybridized carbons (Fsp3) is 0.130. The lowest BCUT2D eigenvalue weighted by Gasteiger charge is -2.11. The van der Waals surface area contributed by atoms with Gasteiger partial charge in [-0.15, -0.1) is 0 Å². The van der Waals surface area contributed by atoms with Gasteiger partial charge in [0.15, 0.2) is 11.5 Å². The van der Waals surface area contributed by atoms with E-state index in [1.807, 2.05) is 66.7 Å². The quantitative estimate of drug-likeness (QED) is 0.386. The van der Waals surface area contributed by atoms with Crippen molar-refractivity contribution < 1.29 is 14.2 Å². The molecule has 5 nitrogen and oxygen atoms in total. The molecule has 0 radical (unpaired) electrons. The first-order chi connectivity index (χ1) is 14.3. The van der Waals surface area contributed by atoms with Crippen LogP contribution in [0.1, 0.15) is 5.56 Å². The van der Waals surface area contributed by atoms with Gasteiger partial charge in [-0.05, 0) is 35.9 Å². The van der Waals surface area contributed by atoms with E-state index in [9.17, 15) is 0 Å². The van der Waals surface area contributed by atoms with Gasteiger partial charge in [0, 0.05) is 16.3 Å². The summed E-state index contributed by atoms with van der Waals surface area (Å²) in [5.41, 5.74) is 1.95. The molecule has 1 aromatic heterocycles. The molecule has 6 heteroatoms. The molecule has 4 aromatic rings. The van der Waals surface area contributed by atoms with Crippen molar-refractivity contribution in [2.75, 3.05) is 14.2 Å². The van der Waals surface area contributed by atoms with Crippen LogP contribution in [-0.4, -0.2) is 24.2 Å². The van der Waals surface area contributed by atoms with Gasteiger partial charge in [0.1, 0.15) is 23.7 Å². The Labute approximate surface area is 173 Å². The van der Waals surface area contributed by atoms with E-state index in [4.69, 9.17) is 14.2 Å². The molecule has 0 saturated carbocycles. The summed E-state index contributed by atoms with van der Waals surface area (Å²) < 4.78 is 16.6. The zero-order valence-electron chi connectivity index (χ0n) is 16.2. The average molecular weight is 404 g/mol. The summed E-state index contributed by atoms with van der Waals surface area (Å²) in [5, 5.41) is 1.77. The monoisotopic (exact) mass is 404 g/mol. The molecule has 0 aliphatic carbocycles. The minimum atomic E-state index is 0.547. The van der Waals surface area contributed by atoms with Crippen LogP contribution in [0.5, 0.6) is 17.2 Å². The van der Waals surface area contributed by atoms with E-state index in [0.29, 0.717) is 18.1 Å². The maximum Gasteiger partial charge on any atom is 0.162 e. The molecule has 0 amide bonds. The van der Waals surface area contributed by atoms with Crippen LogP contribution in [0.4, 0.5) is 0 Å². The van der Waals surface area contributed by atoms with E-state index >= 15 is 0 Å². The van der Waals surface area contributed by atoms with Gasteiger partial charge in [-0.3, -0.25) is 0 Å². The number of hydrogen-bond acceptors (Lipinski definition) is 6. The Hall–Kier alpha value is -3.25. The number of ether oxygens (including phenoxy) is 3. The first-order valence-corrected chi connectivity index (χ1v) is 9.90. The Morgan fingerprint density at radius 2 is 1.55 bits per heavy atom. The molecule has 4 rings (SSSR count). The van der Waals surface area contributed by atoms with Crippen molar-refractivity contribution in [3.63, 3.8) is 0 Å². The van der Waals surface area contributed by atoms with Gasteiger partial charge >= 0.3 is 0 Å². The molecule has 29 heavy (non-hydrogen) atoms. The molecule has 0 bridgehead atoms. The molecule has 0 atom stereocenters. The van der Waals surface area contributed by atoms with Crippen LogP contribution in [0.15, 0.2) is 83.0 Å². The number of benzene rings is 3. The van der Waals surface area contributed by atoms with Crippen LogP contribution < -0.4 is 14.2 Å². The maximum atomic E-state index is 5.86. The van der Waals surface area contributed by atoms with E-state index in [2.05, 4.69) is 9.97 Å². The molecular formula is C23H20N2O3S. The molecule has 0 aliphatic rings. The molecule has 0 unspecified atom stereocenters. The van der Waals surface area contributed by atoms with Gasteiger partial charge in [0.05, 0.1) is 19.7 Å². The highest BCUT2D eigenvalue weighted by Gasteiger charge is 2.12. The van der Waals surface area contributed by atoms with Gasteiger partial charge < -0.3 is 14.2 Å². The lowest BCUT2D eigenvalue weighted by Crippen LogP contribution is -1.95. The molecule has 146 valence electrons. The topological polar surface area (TPSA) is 53.5 Å². The zero-order valence-corrected chi connectivity index (χ0v) is 17.0. The standard InChI is InChI=1S/C23H20N2O3S/c1-26-21-12-19-20(13-22(21)27-2)24-15-25-23(19)29-18-10-8-17(9-11-18)28-14-16-6-4-3-5-7-16/h3-13,15H,14H2,1-2H3. The van der Waals surface area contributed by atoms with Crippen molar-refractivity contribution in [1.29, 1.82) is 0 Å². The van der Waals surface area contributed by atoms with Gasteiger partial charge in [0.25, 0.3) is 0 Å². The van der Waals surface area contributed by atoms with Crippen LogP contribution in [0.25, 0.3) is 10.9 Å². The fourth-order valence-corrected chi connectivity index (χ4v) is 3.77. The summed E-state index contributed by atoms with van der Waals surface area (Å²) in [5.74, 6) is 2.13.